The van der Waals surface area contributed by atoms with E-state index in [1.807, 2.05) is 0 Å². The first-order chi connectivity index (χ1) is 15.6. The van der Waals surface area contributed by atoms with E-state index in [1.165, 1.54) is 18.0 Å². The molecular weight excluding hydrogens is 470 g/mol. The maximum Gasteiger partial charge on any atom is 0.244 e. The second kappa shape index (κ2) is 10.3. The molecule has 2 aromatic rings. The average Bonchev–Trinajstić information content (AvgIpc) is 2.78. The van der Waals surface area contributed by atoms with Crippen LogP contribution in [0.3, 0.4) is 0 Å². The van der Waals surface area contributed by atoms with Crippen molar-refractivity contribution >= 4 is 39.1 Å². The molecule has 1 heterocycles. The minimum absolute atomic E-state index is 0.0761. The van der Waals surface area contributed by atoms with Crippen molar-refractivity contribution < 1.29 is 27.5 Å². The number of carbonyl (C=O) groups is 2. The fraction of sp³-hybridized carbons (Fsp3) is 0.364. The van der Waals surface area contributed by atoms with E-state index in [0.29, 0.717) is 35.3 Å². The summed E-state index contributed by atoms with van der Waals surface area (Å²) in [7, 11) is -2.37. The van der Waals surface area contributed by atoms with E-state index in [4.69, 9.17) is 21.1 Å². The Morgan fingerprint density at radius 3 is 2.45 bits per heavy atom. The molecule has 33 heavy (non-hydrogen) atoms. The molecule has 0 aliphatic carbocycles. The van der Waals surface area contributed by atoms with Crippen molar-refractivity contribution in [3.05, 3.63) is 53.1 Å². The van der Waals surface area contributed by atoms with E-state index < -0.39 is 28.5 Å². The Hall–Kier alpha value is -2.98. The zero-order valence-corrected chi connectivity index (χ0v) is 20.1. The van der Waals surface area contributed by atoms with Crippen LogP contribution in [-0.2, 0) is 26.2 Å². The van der Waals surface area contributed by atoms with Gasteiger partial charge in [-0.3, -0.25) is 13.9 Å². The van der Waals surface area contributed by atoms with Gasteiger partial charge in [-0.25, -0.2) is 8.42 Å². The Morgan fingerprint density at radius 1 is 1.12 bits per heavy atom. The van der Waals surface area contributed by atoms with Gasteiger partial charge in [-0.05, 0) is 36.8 Å². The van der Waals surface area contributed by atoms with E-state index in [1.54, 1.807) is 43.3 Å². The second-order valence-electron chi connectivity index (χ2n) is 7.54. The first kappa shape index (κ1) is 24.7. The Bertz CT molecular complexity index is 1140. The molecule has 9 nitrogen and oxygen atoms in total. The van der Waals surface area contributed by atoms with Gasteiger partial charge in [0, 0.05) is 24.7 Å². The number of fused-ring (bicyclic) bond motifs is 1. The fourth-order valence-corrected chi connectivity index (χ4v) is 4.48. The lowest BCUT2D eigenvalue weighted by molar-refractivity contribution is -0.139. The molecule has 11 heteroatoms. The van der Waals surface area contributed by atoms with Gasteiger partial charge in [0.2, 0.25) is 21.8 Å². The van der Waals surface area contributed by atoms with E-state index in [2.05, 4.69) is 5.32 Å². The Balaban J connectivity index is 1.92. The molecule has 0 saturated heterocycles. The molecule has 1 aliphatic rings. The molecular formula is C22H26ClN3O6S. The number of ether oxygens (including phenoxy) is 2. The number of anilines is 1. The Morgan fingerprint density at radius 2 is 1.82 bits per heavy atom. The number of likely N-dealkylation sites (N-methyl/N-ethyl adjacent to an activating group) is 1. The van der Waals surface area contributed by atoms with Crippen LogP contribution in [0.1, 0.15) is 12.5 Å². The predicted molar refractivity (Wildman–Crippen MR) is 125 cm³/mol. The highest BCUT2D eigenvalue weighted by atomic mass is 35.5. The number of nitrogens with one attached hydrogen (secondary N) is 1. The lowest BCUT2D eigenvalue weighted by atomic mass is 10.1. The van der Waals surface area contributed by atoms with Gasteiger partial charge < -0.3 is 19.7 Å². The standard InChI is InChI=1S/C22H26ClN3O6S/c1-15(22(28)24-2)25(13-16-5-4-6-17(23)11-16)21(27)14-26(33(3,29)30)18-7-8-19-20(12-18)32-10-9-31-19/h4-8,11-12,15H,9-10,13-14H2,1-3H3,(H,24,28)/t15-/m0/s1. The maximum absolute atomic E-state index is 13.4. The van der Waals surface area contributed by atoms with Gasteiger partial charge in [-0.15, -0.1) is 0 Å². The van der Waals surface area contributed by atoms with Crippen LogP contribution in [0, 0.1) is 0 Å². The van der Waals surface area contributed by atoms with E-state index in [9.17, 15) is 18.0 Å². The van der Waals surface area contributed by atoms with E-state index in [-0.39, 0.29) is 18.1 Å². The van der Waals surface area contributed by atoms with Crippen LogP contribution in [0.25, 0.3) is 0 Å². The minimum Gasteiger partial charge on any atom is -0.486 e. The number of halogens is 1. The fourth-order valence-electron chi connectivity index (χ4n) is 3.42. The molecule has 1 N–H and O–H groups in total. The number of benzene rings is 2. The van der Waals surface area contributed by atoms with Gasteiger partial charge in [0.25, 0.3) is 0 Å². The highest BCUT2D eigenvalue weighted by Crippen LogP contribution is 2.34. The third-order valence-corrected chi connectivity index (χ3v) is 6.52. The van der Waals surface area contributed by atoms with Gasteiger partial charge in [-0.1, -0.05) is 23.7 Å². The summed E-state index contributed by atoms with van der Waals surface area (Å²) in [6.45, 7) is 1.89. The summed E-state index contributed by atoms with van der Waals surface area (Å²) in [6.07, 6.45) is 1.01. The lowest BCUT2D eigenvalue weighted by Gasteiger charge is -2.31. The monoisotopic (exact) mass is 495 g/mol. The number of nitrogens with zero attached hydrogens (tertiary/aromatic N) is 2. The van der Waals surface area contributed by atoms with Crippen LogP contribution in [-0.4, -0.2) is 64.2 Å². The largest absolute Gasteiger partial charge is 0.486 e. The number of hydrogen-bond donors (Lipinski definition) is 1. The quantitative estimate of drug-likeness (QED) is 0.601. The van der Waals surface area contributed by atoms with Crippen molar-refractivity contribution in [2.45, 2.75) is 19.5 Å². The molecule has 0 fully saturated rings. The number of rotatable bonds is 8. The first-order valence-corrected chi connectivity index (χ1v) is 12.5. The van der Waals surface area contributed by atoms with Crippen molar-refractivity contribution in [3.8, 4) is 11.5 Å². The van der Waals surface area contributed by atoms with Gasteiger partial charge >= 0.3 is 0 Å². The number of sulfonamides is 1. The highest BCUT2D eigenvalue weighted by molar-refractivity contribution is 7.92. The molecule has 1 atom stereocenters. The smallest absolute Gasteiger partial charge is 0.244 e. The van der Waals surface area contributed by atoms with Crippen LogP contribution >= 0.6 is 11.6 Å². The third kappa shape index (κ3) is 6.08. The summed E-state index contributed by atoms with van der Waals surface area (Å²) in [5, 5.41) is 3.01. The SMILES string of the molecule is CNC(=O)[C@H](C)N(Cc1cccc(Cl)c1)C(=O)CN(c1ccc2c(c1)OCCO2)S(C)(=O)=O. The summed E-state index contributed by atoms with van der Waals surface area (Å²) >= 11 is 6.07. The van der Waals surface area contributed by atoms with Gasteiger partial charge in [0.15, 0.2) is 11.5 Å². The summed E-state index contributed by atoms with van der Waals surface area (Å²) in [5.41, 5.74) is 0.960. The van der Waals surface area contributed by atoms with Crippen molar-refractivity contribution in [3.63, 3.8) is 0 Å². The molecule has 3 rings (SSSR count). The van der Waals surface area contributed by atoms with Crippen LogP contribution in [0.5, 0.6) is 11.5 Å². The zero-order valence-electron chi connectivity index (χ0n) is 18.6. The molecule has 2 aromatic carbocycles. The molecule has 0 saturated carbocycles. The van der Waals surface area contributed by atoms with Crippen LogP contribution in [0.4, 0.5) is 5.69 Å². The molecule has 0 spiro atoms. The van der Waals surface area contributed by atoms with Crippen molar-refractivity contribution in [1.29, 1.82) is 0 Å². The minimum atomic E-state index is -3.84. The summed E-state index contributed by atoms with van der Waals surface area (Å²) < 4.78 is 37.2. The highest BCUT2D eigenvalue weighted by Gasteiger charge is 2.30. The molecule has 0 aromatic heterocycles. The first-order valence-electron chi connectivity index (χ1n) is 10.2. The van der Waals surface area contributed by atoms with Crippen LogP contribution in [0.2, 0.25) is 5.02 Å². The van der Waals surface area contributed by atoms with Gasteiger partial charge in [-0.2, -0.15) is 0 Å². The van der Waals surface area contributed by atoms with Gasteiger partial charge in [0.05, 0.1) is 11.9 Å². The third-order valence-electron chi connectivity index (χ3n) is 5.15. The lowest BCUT2D eigenvalue weighted by Crippen LogP contribution is -2.50. The van der Waals surface area contributed by atoms with Crippen molar-refractivity contribution in [2.75, 3.05) is 37.4 Å². The maximum atomic E-state index is 13.4. The number of amides is 2. The Labute approximate surface area is 198 Å². The van der Waals surface area contributed by atoms with Gasteiger partial charge in [0.1, 0.15) is 25.8 Å². The van der Waals surface area contributed by atoms with Crippen LogP contribution < -0.4 is 19.1 Å². The normalized spacial score (nSPS) is 13.7. The van der Waals surface area contributed by atoms with E-state index >= 15 is 0 Å². The Kier molecular flexibility index (Phi) is 7.70. The molecule has 0 unspecified atom stereocenters. The summed E-state index contributed by atoms with van der Waals surface area (Å²) in [4.78, 5) is 27.0. The van der Waals surface area contributed by atoms with Crippen molar-refractivity contribution in [1.82, 2.24) is 10.2 Å². The number of carbonyl (C=O) groups excluding carboxylic acids is 2. The molecule has 0 bridgehead atoms. The average molecular weight is 496 g/mol. The predicted octanol–water partition coefficient (Wildman–Crippen LogP) is 2.04. The molecule has 0 radical (unpaired) electrons. The molecule has 178 valence electrons. The topological polar surface area (TPSA) is 105 Å². The molecule has 1 aliphatic heterocycles. The number of hydrogen-bond acceptors (Lipinski definition) is 6. The van der Waals surface area contributed by atoms with E-state index in [0.717, 1.165) is 10.6 Å². The van der Waals surface area contributed by atoms with Crippen LogP contribution in [0.15, 0.2) is 42.5 Å². The summed E-state index contributed by atoms with van der Waals surface area (Å²) in [6, 6.07) is 10.7. The van der Waals surface area contributed by atoms with Crippen molar-refractivity contribution in [2.24, 2.45) is 0 Å². The molecule has 2 amide bonds. The zero-order chi connectivity index (χ0) is 24.2. The second-order valence-corrected chi connectivity index (χ2v) is 9.88. The summed E-state index contributed by atoms with van der Waals surface area (Å²) in [5.74, 6) is -0.0306.